The van der Waals surface area contributed by atoms with E-state index in [1.54, 1.807) is 6.07 Å². The molecule has 144 valence electrons. The van der Waals surface area contributed by atoms with Crippen LogP contribution in [0.5, 0.6) is 0 Å². The van der Waals surface area contributed by atoms with Gasteiger partial charge in [0.2, 0.25) is 0 Å². The molecule has 0 bridgehead atoms. The maximum absolute atomic E-state index is 12.8. The van der Waals surface area contributed by atoms with Gasteiger partial charge in [-0.05, 0) is 28.5 Å². The number of rotatable bonds is 5. The molecule has 1 aromatic heterocycles. The molecule has 1 heterocycles. The summed E-state index contributed by atoms with van der Waals surface area (Å²) >= 11 is 0. The van der Waals surface area contributed by atoms with Crippen LogP contribution in [0.15, 0.2) is 79.0 Å². The molecule has 4 aromatic rings. The van der Waals surface area contributed by atoms with E-state index in [0.29, 0.717) is 12.0 Å². The van der Waals surface area contributed by atoms with Crippen LogP contribution in [0.3, 0.4) is 0 Å². The third kappa shape index (κ3) is 3.94. The summed E-state index contributed by atoms with van der Waals surface area (Å²) in [5.74, 6) is -0.848. The fourth-order valence-corrected chi connectivity index (χ4v) is 3.46. The van der Waals surface area contributed by atoms with E-state index in [9.17, 15) is 9.59 Å². The van der Waals surface area contributed by atoms with Crippen molar-refractivity contribution in [3.8, 4) is 0 Å². The van der Waals surface area contributed by atoms with Crippen molar-refractivity contribution in [3.63, 3.8) is 0 Å². The number of pyridine rings is 1. The van der Waals surface area contributed by atoms with Gasteiger partial charge < -0.3 is 10.1 Å². The number of esters is 1. The first-order chi connectivity index (χ1) is 14.2. The van der Waals surface area contributed by atoms with Gasteiger partial charge in [0.25, 0.3) is 5.91 Å². The Bertz CT molecular complexity index is 1200. The highest BCUT2D eigenvalue weighted by Gasteiger charge is 2.23. The highest BCUT2D eigenvalue weighted by atomic mass is 16.5. The van der Waals surface area contributed by atoms with Crippen LogP contribution < -0.4 is 5.32 Å². The van der Waals surface area contributed by atoms with Gasteiger partial charge in [-0.2, -0.15) is 0 Å². The largest absolute Gasteiger partial charge is 0.467 e. The number of fused-ring (bicyclic) bond motifs is 2. The Kier molecular flexibility index (Phi) is 5.20. The minimum absolute atomic E-state index is 0.334. The molecule has 1 atom stereocenters. The molecular weight excluding hydrogens is 364 g/mol. The molecule has 5 nitrogen and oxygen atoms in total. The fraction of sp³-hybridized carbons (Fsp3) is 0.125. The number of hydrogen-bond acceptors (Lipinski definition) is 4. The smallest absolute Gasteiger partial charge is 0.328 e. The zero-order valence-corrected chi connectivity index (χ0v) is 16.0. The first-order valence-electron chi connectivity index (χ1n) is 9.36. The molecule has 0 aliphatic rings. The zero-order valence-electron chi connectivity index (χ0n) is 16.0. The summed E-state index contributed by atoms with van der Waals surface area (Å²) < 4.78 is 4.93. The lowest BCUT2D eigenvalue weighted by Gasteiger charge is -2.18. The topological polar surface area (TPSA) is 68.3 Å². The van der Waals surface area contributed by atoms with Gasteiger partial charge in [-0.15, -0.1) is 0 Å². The quantitative estimate of drug-likeness (QED) is 0.530. The molecule has 0 saturated heterocycles. The van der Waals surface area contributed by atoms with Crippen molar-refractivity contribution in [1.29, 1.82) is 0 Å². The van der Waals surface area contributed by atoms with Crippen LogP contribution >= 0.6 is 0 Å². The molecule has 1 N–H and O–H groups in total. The average Bonchev–Trinajstić information content (AvgIpc) is 2.77. The molecule has 29 heavy (non-hydrogen) atoms. The van der Waals surface area contributed by atoms with E-state index < -0.39 is 12.0 Å². The molecule has 0 saturated carbocycles. The van der Waals surface area contributed by atoms with Gasteiger partial charge in [-0.1, -0.05) is 60.7 Å². The minimum Gasteiger partial charge on any atom is -0.467 e. The molecule has 1 amide bonds. The van der Waals surface area contributed by atoms with E-state index in [0.717, 1.165) is 27.2 Å². The first-order valence-corrected chi connectivity index (χ1v) is 9.36. The number of carbonyl (C=O) groups is 2. The lowest BCUT2D eigenvalue weighted by Crippen LogP contribution is -2.43. The Balaban J connectivity index is 1.61. The van der Waals surface area contributed by atoms with Crippen molar-refractivity contribution >= 4 is 33.6 Å². The van der Waals surface area contributed by atoms with Crippen molar-refractivity contribution in [2.45, 2.75) is 12.5 Å². The van der Waals surface area contributed by atoms with Crippen molar-refractivity contribution in [2.24, 2.45) is 0 Å². The standard InChI is InChI=1S/C24H20N2O3/c1-29-24(28)22(14-17-10-6-9-16-7-2-4-11-20(16)17)26-23(27)19-13-18-8-3-5-12-21(18)25-15-19/h2-13,15,22H,14H2,1H3,(H,26,27)/t22-/m0/s1. The van der Waals surface area contributed by atoms with E-state index >= 15 is 0 Å². The normalized spacial score (nSPS) is 11.9. The van der Waals surface area contributed by atoms with Crippen molar-refractivity contribution in [1.82, 2.24) is 10.3 Å². The number of nitrogens with one attached hydrogen (secondary N) is 1. The van der Waals surface area contributed by atoms with Crippen LogP contribution in [0.1, 0.15) is 15.9 Å². The predicted octanol–water partition coefficient (Wildman–Crippen LogP) is 3.90. The Morgan fingerprint density at radius 3 is 2.52 bits per heavy atom. The van der Waals surface area contributed by atoms with Crippen molar-refractivity contribution in [2.75, 3.05) is 7.11 Å². The van der Waals surface area contributed by atoms with Crippen LogP contribution in [-0.4, -0.2) is 30.0 Å². The van der Waals surface area contributed by atoms with Gasteiger partial charge in [0.15, 0.2) is 0 Å². The summed E-state index contributed by atoms with van der Waals surface area (Å²) in [6.07, 6.45) is 1.85. The molecule has 5 heteroatoms. The fourth-order valence-electron chi connectivity index (χ4n) is 3.46. The Hall–Kier alpha value is -3.73. The number of hydrogen-bond donors (Lipinski definition) is 1. The van der Waals surface area contributed by atoms with Crippen LogP contribution in [0.2, 0.25) is 0 Å². The van der Waals surface area contributed by atoms with Gasteiger partial charge >= 0.3 is 5.97 Å². The maximum atomic E-state index is 12.8. The number of carbonyl (C=O) groups excluding carboxylic acids is 2. The van der Waals surface area contributed by atoms with Crippen LogP contribution in [0.25, 0.3) is 21.7 Å². The number of methoxy groups -OCH3 is 1. The van der Waals surface area contributed by atoms with E-state index in [2.05, 4.69) is 10.3 Å². The van der Waals surface area contributed by atoms with E-state index in [-0.39, 0.29) is 5.91 Å². The highest BCUT2D eigenvalue weighted by molar-refractivity contribution is 5.99. The average molecular weight is 384 g/mol. The molecule has 0 aliphatic heterocycles. The minimum atomic E-state index is -0.801. The molecule has 0 spiro atoms. The van der Waals surface area contributed by atoms with Gasteiger partial charge in [0, 0.05) is 18.0 Å². The maximum Gasteiger partial charge on any atom is 0.328 e. The Labute approximate surface area is 168 Å². The SMILES string of the molecule is COC(=O)[C@H](Cc1cccc2ccccc12)NC(=O)c1cnc2ccccc2c1. The molecule has 0 fully saturated rings. The van der Waals surface area contributed by atoms with E-state index in [4.69, 9.17) is 4.74 Å². The zero-order chi connectivity index (χ0) is 20.2. The van der Waals surface area contributed by atoms with E-state index in [1.165, 1.54) is 13.3 Å². The number of ether oxygens (including phenoxy) is 1. The van der Waals surface area contributed by atoms with Gasteiger partial charge in [0.05, 0.1) is 18.2 Å². The molecule has 3 aromatic carbocycles. The summed E-state index contributed by atoms with van der Waals surface area (Å²) in [7, 11) is 1.32. The summed E-state index contributed by atoms with van der Waals surface area (Å²) in [4.78, 5) is 29.5. The summed E-state index contributed by atoms with van der Waals surface area (Å²) in [6, 6.07) is 22.4. The number of amides is 1. The third-order valence-corrected chi connectivity index (χ3v) is 4.95. The number of aromatic nitrogens is 1. The van der Waals surface area contributed by atoms with Crippen LogP contribution in [0, 0.1) is 0 Å². The molecule has 0 unspecified atom stereocenters. The molecular formula is C24H20N2O3. The summed E-state index contributed by atoms with van der Waals surface area (Å²) in [6.45, 7) is 0. The number of nitrogens with zero attached hydrogens (tertiary/aromatic N) is 1. The second kappa shape index (κ2) is 8.10. The van der Waals surface area contributed by atoms with Crippen molar-refractivity contribution in [3.05, 3.63) is 90.1 Å². The second-order valence-electron chi connectivity index (χ2n) is 6.81. The monoisotopic (exact) mass is 384 g/mol. The highest BCUT2D eigenvalue weighted by Crippen LogP contribution is 2.20. The lowest BCUT2D eigenvalue weighted by atomic mass is 9.98. The number of benzene rings is 3. The third-order valence-electron chi connectivity index (χ3n) is 4.95. The molecule has 4 rings (SSSR count). The van der Waals surface area contributed by atoms with E-state index in [1.807, 2.05) is 66.7 Å². The van der Waals surface area contributed by atoms with Crippen molar-refractivity contribution < 1.29 is 14.3 Å². The second-order valence-corrected chi connectivity index (χ2v) is 6.81. The van der Waals surface area contributed by atoms with Gasteiger partial charge in [-0.25, -0.2) is 4.79 Å². The van der Waals surface area contributed by atoms with Gasteiger partial charge in [0.1, 0.15) is 6.04 Å². The first kappa shape index (κ1) is 18.6. The molecule has 0 radical (unpaired) electrons. The lowest BCUT2D eigenvalue weighted by molar-refractivity contribution is -0.142. The Morgan fingerprint density at radius 1 is 0.966 bits per heavy atom. The number of para-hydroxylation sites is 1. The Morgan fingerprint density at radius 2 is 1.69 bits per heavy atom. The molecule has 0 aliphatic carbocycles. The summed E-state index contributed by atoms with van der Waals surface area (Å²) in [5, 5.41) is 5.80. The van der Waals surface area contributed by atoms with Gasteiger partial charge in [-0.3, -0.25) is 9.78 Å². The summed E-state index contributed by atoms with van der Waals surface area (Å²) in [5.41, 5.74) is 2.18. The van der Waals surface area contributed by atoms with Crippen LogP contribution in [0.4, 0.5) is 0 Å². The van der Waals surface area contributed by atoms with Crippen LogP contribution in [-0.2, 0) is 16.0 Å². The predicted molar refractivity (Wildman–Crippen MR) is 113 cm³/mol.